The van der Waals surface area contributed by atoms with Crippen LogP contribution in [0.3, 0.4) is 0 Å². The van der Waals surface area contributed by atoms with Gasteiger partial charge in [0.05, 0.1) is 18.5 Å². The number of nitrogens with one attached hydrogen (secondary N) is 1. The molecule has 0 saturated carbocycles. The normalized spacial score (nSPS) is 10.8. The summed E-state index contributed by atoms with van der Waals surface area (Å²) in [6.07, 6.45) is 1.67. The predicted octanol–water partition coefficient (Wildman–Crippen LogP) is 2.27. The molecule has 0 aliphatic rings. The van der Waals surface area contributed by atoms with E-state index in [2.05, 4.69) is 15.5 Å². The maximum Gasteiger partial charge on any atom is 0.203 e. The summed E-state index contributed by atoms with van der Waals surface area (Å²) in [5, 5.41) is 15.6. The van der Waals surface area contributed by atoms with E-state index in [-0.39, 0.29) is 13.2 Å². The first-order valence-corrected chi connectivity index (χ1v) is 6.71. The number of thiazole rings is 1. The van der Waals surface area contributed by atoms with Gasteiger partial charge in [-0.1, -0.05) is 12.1 Å². The third-order valence-corrected chi connectivity index (χ3v) is 3.12. The van der Waals surface area contributed by atoms with Crippen molar-refractivity contribution < 1.29 is 9.84 Å². The van der Waals surface area contributed by atoms with Gasteiger partial charge in [-0.3, -0.25) is 5.43 Å². The summed E-state index contributed by atoms with van der Waals surface area (Å²) in [5.41, 5.74) is 4.68. The zero-order valence-electron chi connectivity index (χ0n) is 10.5. The fourth-order valence-corrected chi connectivity index (χ4v) is 2.07. The minimum Gasteiger partial charge on any atom is -0.491 e. The van der Waals surface area contributed by atoms with E-state index < -0.39 is 0 Å². The van der Waals surface area contributed by atoms with Gasteiger partial charge in [-0.25, -0.2) is 4.98 Å². The molecule has 6 heteroatoms. The van der Waals surface area contributed by atoms with Crippen LogP contribution in [0, 0.1) is 6.92 Å². The highest BCUT2D eigenvalue weighted by Crippen LogP contribution is 2.17. The highest BCUT2D eigenvalue weighted by atomic mass is 32.1. The Labute approximate surface area is 115 Å². The van der Waals surface area contributed by atoms with Crippen molar-refractivity contribution in [1.29, 1.82) is 0 Å². The van der Waals surface area contributed by atoms with Crippen LogP contribution in [0.2, 0.25) is 0 Å². The topological polar surface area (TPSA) is 66.7 Å². The van der Waals surface area contributed by atoms with Gasteiger partial charge in [-0.05, 0) is 19.1 Å². The molecule has 0 fully saturated rings. The van der Waals surface area contributed by atoms with Crippen LogP contribution >= 0.6 is 11.3 Å². The van der Waals surface area contributed by atoms with Crippen molar-refractivity contribution in [2.45, 2.75) is 6.92 Å². The molecule has 2 aromatic rings. The molecule has 2 N–H and O–H groups in total. The molecule has 0 amide bonds. The molecule has 19 heavy (non-hydrogen) atoms. The number of nitrogens with zero attached hydrogens (tertiary/aromatic N) is 2. The Morgan fingerprint density at radius 2 is 2.32 bits per heavy atom. The predicted molar refractivity (Wildman–Crippen MR) is 77.1 cm³/mol. The van der Waals surface area contributed by atoms with Gasteiger partial charge in [0.1, 0.15) is 12.4 Å². The van der Waals surface area contributed by atoms with Crippen LogP contribution in [0.15, 0.2) is 34.7 Å². The van der Waals surface area contributed by atoms with E-state index in [1.54, 1.807) is 6.21 Å². The molecule has 2 rings (SSSR count). The summed E-state index contributed by atoms with van der Waals surface area (Å²) in [6.45, 7) is 2.19. The Morgan fingerprint density at radius 3 is 3.05 bits per heavy atom. The maximum atomic E-state index is 8.77. The number of hydrogen-bond donors (Lipinski definition) is 2. The van der Waals surface area contributed by atoms with Crippen molar-refractivity contribution in [2.75, 3.05) is 18.6 Å². The third-order valence-electron chi connectivity index (χ3n) is 2.25. The second kappa shape index (κ2) is 6.86. The summed E-state index contributed by atoms with van der Waals surface area (Å²) < 4.78 is 5.41. The molecule has 0 aliphatic heterocycles. The number of anilines is 1. The van der Waals surface area contributed by atoms with Gasteiger partial charge in [-0.2, -0.15) is 5.10 Å². The molecule has 1 aromatic heterocycles. The first-order valence-electron chi connectivity index (χ1n) is 5.83. The van der Waals surface area contributed by atoms with E-state index >= 15 is 0 Å². The van der Waals surface area contributed by atoms with E-state index in [1.807, 2.05) is 36.6 Å². The van der Waals surface area contributed by atoms with Gasteiger partial charge in [0.15, 0.2) is 0 Å². The minimum absolute atomic E-state index is 0.0118. The van der Waals surface area contributed by atoms with Crippen molar-refractivity contribution in [3.8, 4) is 5.75 Å². The number of hydrazone groups is 1. The number of aliphatic hydroxyl groups excluding tert-OH is 1. The molecule has 0 atom stereocenters. The SMILES string of the molecule is Cc1csc(NN=Cc2ccccc2OCCO)n1. The molecule has 0 aliphatic carbocycles. The number of rotatable bonds is 6. The van der Waals surface area contributed by atoms with Crippen LogP contribution in [-0.4, -0.2) is 29.5 Å². The lowest BCUT2D eigenvalue weighted by Gasteiger charge is -2.06. The fourth-order valence-electron chi connectivity index (χ4n) is 1.44. The molecule has 0 radical (unpaired) electrons. The van der Waals surface area contributed by atoms with Crippen LogP contribution < -0.4 is 10.2 Å². The van der Waals surface area contributed by atoms with Gasteiger partial charge in [-0.15, -0.1) is 11.3 Å². The number of aryl methyl sites for hydroxylation is 1. The Morgan fingerprint density at radius 1 is 1.47 bits per heavy atom. The highest BCUT2D eigenvalue weighted by Gasteiger charge is 2.00. The van der Waals surface area contributed by atoms with Crippen molar-refractivity contribution >= 4 is 22.7 Å². The fraction of sp³-hybridized carbons (Fsp3) is 0.231. The standard InChI is InChI=1S/C13H15N3O2S/c1-10-9-19-13(15-10)16-14-8-11-4-2-3-5-12(11)18-7-6-17/h2-5,8-9,17H,6-7H2,1H3,(H,15,16). The Kier molecular flexibility index (Phi) is 4.88. The van der Waals surface area contributed by atoms with Gasteiger partial charge in [0, 0.05) is 10.9 Å². The first kappa shape index (κ1) is 13.5. The second-order valence-corrected chi connectivity index (χ2v) is 4.63. The van der Waals surface area contributed by atoms with Crippen LogP contribution in [0.1, 0.15) is 11.3 Å². The smallest absolute Gasteiger partial charge is 0.203 e. The Bertz CT molecular complexity index is 554. The van der Waals surface area contributed by atoms with E-state index in [1.165, 1.54) is 11.3 Å². The Balaban J connectivity index is 2.01. The monoisotopic (exact) mass is 277 g/mol. The van der Waals surface area contributed by atoms with Gasteiger partial charge < -0.3 is 9.84 Å². The van der Waals surface area contributed by atoms with Crippen molar-refractivity contribution in [3.05, 3.63) is 40.9 Å². The lowest BCUT2D eigenvalue weighted by molar-refractivity contribution is 0.201. The molecule has 0 spiro atoms. The summed E-state index contributed by atoms with van der Waals surface area (Å²) in [7, 11) is 0. The minimum atomic E-state index is -0.0118. The highest BCUT2D eigenvalue weighted by molar-refractivity contribution is 7.13. The van der Waals surface area contributed by atoms with E-state index in [9.17, 15) is 0 Å². The molecule has 1 heterocycles. The van der Waals surface area contributed by atoms with Crippen LogP contribution in [-0.2, 0) is 0 Å². The van der Waals surface area contributed by atoms with Crippen molar-refractivity contribution in [2.24, 2.45) is 5.10 Å². The summed E-state index contributed by atoms with van der Waals surface area (Å²) in [4.78, 5) is 4.24. The largest absolute Gasteiger partial charge is 0.491 e. The number of para-hydroxylation sites is 1. The number of ether oxygens (including phenoxy) is 1. The van der Waals surface area contributed by atoms with Gasteiger partial charge in [0.2, 0.25) is 5.13 Å². The van der Waals surface area contributed by atoms with Crippen LogP contribution in [0.25, 0.3) is 0 Å². The number of hydrogen-bond acceptors (Lipinski definition) is 6. The quantitative estimate of drug-likeness (QED) is 0.628. The lowest BCUT2D eigenvalue weighted by atomic mass is 10.2. The van der Waals surface area contributed by atoms with Gasteiger partial charge in [0.25, 0.3) is 0 Å². The van der Waals surface area contributed by atoms with Crippen LogP contribution in [0.4, 0.5) is 5.13 Å². The summed E-state index contributed by atoms with van der Waals surface area (Å²) in [6, 6.07) is 7.51. The van der Waals surface area contributed by atoms with E-state index in [4.69, 9.17) is 9.84 Å². The average molecular weight is 277 g/mol. The molecular formula is C13H15N3O2S. The van der Waals surface area contributed by atoms with Crippen molar-refractivity contribution in [3.63, 3.8) is 0 Å². The van der Waals surface area contributed by atoms with E-state index in [0.29, 0.717) is 5.75 Å². The van der Waals surface area contributed by atoms with E-state index in [0.717, 1.165) is 16.4 Å². The first-order chi connectivity index (χ1) is 9.29. The molecule has 5 nitrogen and oxygen atoms in total. The average Bonchev–Trinajstić information content (AvgIpc) is 2.83. The number of benzene rings is 1. The Hall–Kier alpha value is -1.92. The third kappa shape index (κ3) is 4.04. The zero-order valence-corrected chi connectivity index (χ0v) is 11.4. The summed E-state index contributed by atoms with van der Waals surface area (Å²) >= 11 is 1.50. The molecule has 100 valence electrons. The zero-order chi connectivity index (χ0) is 13.5. The molecule has 1 aromatic carbocycles. The number of aliphatic hydroxyl groups is 1. The van der Waals surface area contributed by atoms with Gasteiger partial charge >= 0.3 is 0 Å². The number of aromatic nitrogens is 1. The lowest BCUT2D eigenvalue weighted by Crippen LogP contribution is -2.03. The molecule has 0 bridgehead atoms. The van der Waals surface area contributed by atoms with Crippen molar-refractivity contribution in [1.82, 2.24) is 4.98 Å². The second-order valence-electron chi connectivity index (χ2n) is 3.77. The molecule has 0 saturated heterocycles. The molecule has 0 unspecified atom stereocenters. The summed E-state index contributed by atoms with van der Waals surface area (Å²) in [5.74, 6) is 0.692. The molecular weight excluding hydrogens is 262 g/mol. The van der Waals surface area contributed by atoms with Crippen LogP contribution in [0.5, 0.6) is 5.75 Å². The maximum absolute atomic E-state index is 8.77.